The van der Waals surface area contributed by atoms with Gasteiger partial charge in [0.05, 0.1) is 13.2 Å². The van der Waals surface area contributed by atoms with Crippen LogP contribution in [0.4, 0.5) is 0 Å². The van der Waals surface area contributed by atoms with Gasteiger partial charge in [-0.15, -0.1) is 0 Å². The lowest BCUT2D eigenvalue weighted by Crippen LogP contribution is -2.51. The zero-order valence-electron chi connectivity index (χ0n) is 14.2. The lowest BCUT2D eigenvalue weighted by Gasteiger charge is -2.37. The highest BCUT2D eigenvalue weighted by atomic mass is 16.8. The lowest BCUT2D eigenvalue weighted by atomic mass is 10.0. The van der Waals surface area contributed by atoms with E-state index in [-0.39, 0.29) is 13.2 Å². The second kappa shape index (κ2) is 7.84. The number of ether oxygens (including phenoxy) is 4. The molecule has 6 atom stereocenters. The molecule has 6 heteroatoms. The van der Waals surface area contributed by atoms with Crippen molar-refractivity contribution in [1.29, 1.82) is 0 Å². The Hall–Kier alpha value is -1.80. The quantitative estimate of drug-likeness (QED) is 0.873. The van der Waals surface area contributed by atoms with Gasteiger partial charge in [-0.1, -0.05) is 60.7 Å². The molecule has 6 nitrogen and oxygen atoms in total. The van der Waals surface area contributed by atoms with Crippen LogP contribution in [-0.2, 0) is 18.9 Å². The molecule has 2 saturated heterocycles. The minimum Gasteiger partial charge on any atom is -0.394 e. The van der Waals surface area contributed by atoms with Crippen molar-refractivity contribution in [2.24, 2.45) is 0 Å². The Morgan fingerprint density at radius 3 is 2.04 bits per heavy atom. The van der Waals surface area contributed by atoms with Crippen LogP contribution in [0.25, 0.3) is 0 Å². The van der Waals surface area contributed by atoms with E-state index in [1.54, 1.807) is 0 Å². The molecule has 0 aromatic heterocycles. The van der Waals surface area contributed by atoms with Crippen molar-refractivity contribution in [2.45, 2.75) is 37.0 Å². The fourth-order valence-corrected chi connectivity index (χ4v) is 3.31. The van der Waals surface area contributed by atoms with E-state index in [0.29, 0.717) is 0 Å². The van der Waals surface area contributed by atoms with Gasteiger partial charge in [-0.2, -0.15) is 0 Å². The van der Waals surface area contributed by atoms with Crippen LogP contribution < -0.4 is 0 Å². The van der Waals surface area contributed by atoms with E-state index in [4.69, 9.17) is 18.9 Å². The van der Waals surface area contributed by atoms with Gasteiger partial charge in [0.15, 0.2) is 12.6 Å². The zero-order chi connectivity index (χ0) is 17.9. The summed E-state index contributed by atoms with van der Waals surface area (Å²) in [5.74, 6) is 0. The molecule has 0 amide bonds. The maximum atomic E-state index is 10.7. The largest absolute Gasteiger partial charge is 0.394 e. The molecule has 0 aliphatic carbocycles. The first-order valence-electron chi connectivity index (χ1n) is 8.73. The van der Waals surface area contributed by atoms with Crippen molar-refractivity contribution in [3.05, 3.63) is 71.8 Å². The number of fused-ring (bicyclic) bond motifs is 1. The first-order valence-corrected chi connectivity index (χ1v) is 8.73. The third-order valence-electron chi connectivity index (χ3n) is 4.70. The number of aliphatic hydroxyl groups is 2. The van der Waals surface area contributed by atoms with Gasteiger partial charge < -0.3 is 29.2 Å². The Balaban J connectivity index is 1.57. The minimum atomic E-state index is -1.03. The van der Waals surface area contributed by atoms with Gasteiger partial charge in [0.25, 0.3) is 0 Å². The Labute approximate surface area is 151 Å². The summed E-state index contributed by atoms with van der Waals surface area (Å²) >= 11 is 0. The fourth-order valence-electron chi connectivity index (χ4n) is 3.31. The van der Waals surface area contributed by atoms with E-state index in [1.807, 2.05) is 60.7 Å². The Kier molecular flexibility index (Phi) is 5.31. The topological polar surface area (TPSA) is 77.4 Å². The van der Waals surface area contributed by atoms with Gasteiger partial charge in [0.1, 0.15) is 24.4 Å². The van der Waals surface area contributed by atoms with Crippen LogP contribution in [0.5, 0.6) is 0 Å². The van der Waals surface area contributed by atoms with Crippen LogP contribution in [0, 0.1) is 0 Å². The fraction of sp³-hybridized carbons (Fsp3) is 0.400. The summed E-state index contributed by atoms with van der Waals surface area (Å²) < 4.78 is 23.7. The summed E-state index contributed by atoms with van der Waals surface area (Å²) in [6, 6.07) is 19.0. The van der Waals surface area contributed by atoms with Crippen LogP contribution in [0.15, 0.2) is 60.7 Å². The predicted octanol–water partition coefficient (Wildman–Crippen LogP) is 1.94. The van der Waals surface area contributed by atoms with Crippen molar-refractivity contribution >= 4 is 0 Å². The molecule has 0 bridgehead atoms. The Morgan fingerprint density at radius 1 is 0.808 bits per heavy atom. The summed E-state index contributed by atoms with van der Waals surface area (Å²) in [7, 11) is 0. The number of rotatable bonds is 3. The van der Waals surface area contributed by atoms with E-state index in [9.17, 15) is 10.2 Å². The highest BCUT2D eigenvalue weighted by molar-refractivity contribution is 5.18. The van der Waals surface area contributed by atoms with E-state index < -0.39 is 37.0 Å². The lowest BCUT2D eigenvalue weighted by molar-refractivity contribution is -0.289. The predicted molar refractivity (Wildman–Crippen MR) is 92.0 cm³/mol. The summed E-state index contributed by atoms with van der Waals surface area (Å²) in [6.45, 7) is -0.0799. The first-order chi connectivity index (χ1) is 12.8. The van der Waals surface area contributed by atoms with Crippen LogP contribution in [0.2, 0.25) is 0 Å². The van der Waals surface area contributed by atoms with Crippen LogP contribution >= 0.6 is 0 Å². The molecular formula is C20H22O6. The first kappa shape index (κ1) is 17.6. The molecule has 2 heterocycles. The summed E-state index contributed by atoms with van der Waals surface area (Å²) in [6.07, 6.45) is -4.33. The van der Waals surface area contributed by atoms with Gasteiger partial charge in [0, 0.05) is 11.1 Å². The number of benzene rings is 2. The van der Waals surface area contributed by atoms with Crippen molar-refractivity contribution in [3.63, 3.8) is 0 Å². The van der Waals surface area contributed by atoms with E-state index in [0.717, 1.165) is 11.1 Å². The van der Waals surface area contributed by atoms with Crippen LogP contribution in [0.3, 0.4) is 0 Å². The average Bonchev–Trinajstić information content (AvgIpc) is 2.85. The molecule has 2 fully saturated rings. The number of hydrogen-bond donors (Lipinski definition) is 2. The van der Waals surface area contributed by atoms with E-state index in [1.165, 1.54) is 0 Å². The molecule has 2 N–H and O–H groups in total. The molecule has 4 rings (SSSR count). The molecule has 2 aliphatic rings. The third kappa shape index (κ3) is 3.53. The van der Waals surface area contributed by atoms with Crippen molar-refractivity contribution < 1.29 is 29.2 Å². The molecular weight excluding hydrogens is 336 g/mol. The molecule has 2 aromatic rings. The minimum absolute atomic E-state index is 0.256. The normalized spacial score (nSPS) is 34.7. The second-order valence-corrected chi connectivity index (χ2v) is 6.44. The van der Waals surface area contributed by atoms with E-state index >= 15 is 0 Å². The van der Waals surface area contributed by atoms with Gasteiger partial charge in [-0.25, -0.2) is 0 Å². The molecule has 0 saturated carbocycles. The molecule has 2 aliphatic heterocycles. The highest BCUT2D eigenvalue weighted by Gasteiger charge is 2.46. The van der Waals surface area contributed by atoms with Gasteiger partial charge in [0.2, 0.25) is 0 Å². The maximum Gasteiger partial charge on any atom is 0.184 e. The van der Waals surface area contributed by atoms with Crippen molar-refractivity contribution in [3.8, 4) is 0 Å². The molecule has 0 spiro atoms. The van der Waals surface area contributed by atoms with Gasteiger partial charge in [-0.3, -0.25) is 0 Å². The molecule has 2 unspecified atom stereocenters. The monoisotopic (exact) mass is 358 g/mol. The number of hydrogen-bond acceptors (Lipinski definition) is 6. The number of aliphatic hydroxyl groups excluding tert-OH is 2. The van der Waals surface area contributed by atoms with Crippen LogP contribution in [0.1, 0.15) is 23.7 Å². The zero-order valence-corrected chi connectivity index (χ0v) is 14.2. The molecule has 26 heavy (non-hydrogen) atoms. The average molecular weight is 358 g/mol. The molecule has 138 valence electrons. The van der Waals surface area contributed by atoms with Crippen molar-refractivity contribution in [1.82, 2.24) is 0 Å². The second-order valence-electron chi connectivity index (χ2n) is 6.44. The van der Waals surface area contributed by atoms with Crippen molar-refractivity contribution in [2.75, 3.05) is 13.2 Å². The Morgan fingerprint density at radius 2 is 1.42 bits per heavy atom. The molecule has 2 aromatic carbocycles. The standard InChI is InChI=1S/C20H22O6/c21-11-15-17(22)18-16(25-20(24-15)14-9-5-2-6-10-14)12-23-19(26-18)13-7-3-1-4-8-13/h1-10,15-22H,11-12H2/t15-,16+,17+,18+,19?,20?/m0/s1. The van der Waals surface area contributed by atoms with Gasteiger partial charge in [-0.05, 0) is 0 Å². The summed E-state index contributed by atoms with van der Waals surface area (Å²) in [4.78, 5) is 0. The highest BCUT2D eigenvalue weighted by Crippen LogP contribution is 2.36. The SMILES string of the molecule is OC[C@@H]1OC(c2ccccc2)O[C@@H]2COC(c3ccccc3)O[C@H]2[C@@H]1O. The maximum absolute atomic E-state index is 10.7. The van der Waals surface area contributed by atoms with Gasteiger partial charge >= 0.3 is 0 Å². The Bertz CT molecular complexity index is 694. The smallest absolute Gasteiger partial charge is 0.184 e. The summed E-state index contributed by atoms with van der Waals surface area (Å²) in [5, 5.41) is 20.4. The van der Waals surface area contributed by atoms with Crippen LogP contribution in [-0.4, -0.2) is 47.8 Å². The third-order valence-corrected chi connectivity index (χ3v) is 4.70. The molecule has 0 radical (unpaired) electrons. The summed E-state index contributed by atoms with van der Waals surface area (Å²) in [5.41, 5.74) is 1.67. The van der Waals surface area contributed by atoms with E-state index in [2.05, 4.69) is 0 Å².